The molecule has 1 N–H and O–H groups in total. The van der Waals surface area contributed by atoms with Crippen LogP contribution in [0.3, 0.4) is 0 Å². The minimum Gasteiger partial charge on any atom is -0.332 e. The van der Waals surface area contributed by atoms with Gasteiger partial charge in [-0.05, 0) is 24.1 Å². The number of hydrogen-bond acceptors (Lipinski definition) is 3. The average Bonchev–Trinajstić information content (AvgIpc) is 2.86. The maximum atomic E-state index is 13.5. The number of amides is 1. The van der Waals surface area contributed by atoms with Crippen molar-refractivity contribution in [2.24, 2.45) is 0 Å². The molecule has 2 atom stereocenters. The molecule has 132 valence electrons. The molecule has 0 aliphatic carbocycles. The Hall–Kier alpha value is -1.67. The number of carbonyl (C=O) groups excluding carboxylic acids is 1. The van der Waals surface area contributed by atoms with Crippen molar-refractivity contribution in [2.75, 3.05) is 32.7 Å². The fourth-order valence-electron chi connectivity index (χ4n) is 3.52. The van der Waals surface area contributed by atoms with Crippen molar-refractivity contribution < 1.29 is 22.4 Å². The summed E-state index contributed by atoms with van der Waals surface area (Å²) >= 11 is 0. The predicted octanol–water partition coefficient (Wildman–Crippen LogP) is 1.94. The highest BCUT2D eigenvalue weighted by atomic mass is 19.4. The molecule has 2 unspecified atom stereocenters. The third kappa shape index (κ3) is 3.70. The van der Waals surface area contributed by atoms with Crippen molar-refractivity contribution in [1.29, 1.82) is 0 Å². The molecule has 1 amide bonds. The SMILES string of the molecule is O=C1C(N2CCNCC2c2cccc(F)c2)CCN1CC(F)(F)F. The first-order valence-corrected chi connectivity index (χ1v) is 7.92. The van der Waals surface area contributed by atoms with Crippen LogP contribution in [0.4, 0.5) is 17.6 Å². The van der Waals surface area contributed by atoms with Crippen LogP contribution in [0.1, 0.15) is 18.0 Å². The van der Waals surface area contributed by atoms with Gasteiger partial charge in [-0.1, -0.05) is 12.1 Å². The van der Waals surface area contributed by atoms with E-state index in [1.807, 2.05) is 4.90 Å². The van der Waals surface area contributed by atoms with Gasteiger partial charge < -0.3 is 10.2 Å². The number of carbonyl (C=O) groups is 1. The third-order valence-electron chi connectivity index (χ3n) is 4.56. The number of piperazine rings is 1. The van der Waals surface area contributed by atoms with Gasteiger partial charge in [0.15, 0.2) is 0 Å². The topological polar surface area (TPSA) is 35.6 Å². The van der Waals surface area contributed by atoms with Gasteiger partial charge in [-0.3, -0.25) is 9.69 Å². The van der Waals surface area contributed by atoms with Crippen molar-refractivity contribution in [2.45, 2.75) is 24.7 Å². The van der Waals surface area contributed by atoms with Crippen LogP contribution in [0.15, 0.2) is 24.3 Å². The van der Waals surface area contributed by atoms with Crippen LogP contribution in [0.2, 0.25) is 0 Å². The molecule has 0 radical (unpaired) electrons. The third-order valence-corrected chi connectivity index (χ3v) is 4.56. The first kappa shape index (κ1) is 17.2. The second kappa shape index (κ2) is 6.68. The molecule has 2 aliphatic heterocycles. The lowest BCUT2D eigenvalue weighted by Gasteiger charge is -2.39. The Kier molecular flexibility index (Phi) is 4.78. The van der Waals surface area contributed by atoms with Gasteiger partial charge in [-0.2, -0.15) is 13.2 Å². The van der Waals surface area contributed by atoms with E-state index in [-0.39, 0.29) is 18.4 Å². The first-order chi connectivity index (χ1) is 11.3. The summed E-state index contributed by atoms with van der Waals surface area (Å²) in [4.78, 5) is 15.2. The quantitative estimate of drug-likeness (QED) is 0.851. The Balaban J connectivity index is 1.78. The summed E-state index contributed by atoms with van der Waals surface area (Å²) in [5.41, 5.74) is 0.726. The van der Waals surface area contributed by atoms with Crippen molar-refractivity contribution in [3.05, 3.63) is 35.6 Å². The van der Waals surface area contributed by atoms with Gasteiger partial charge in [0.1, 0.15) is 12.4 Å². The molecule has 1 aromatic rings. The molecule has 24 heavy (non-hydrogen) atoms. The van der Waals surface area contributed by atoms with Gasteiger partial charge in [-0.25, -0.2) is 4.39 Å². The van der Waals surface area contributed by atoms with E-state index in [0.29, 0.717) is 26.1 Å². The molecule has 0 bridgehead atoms. The van der Waals surface area contributed by atoms with E-state index >= 15 is 0 Å². The van der Waals surface area contributed by atoms with Crippen LogP contribution in [0.25, 0.3) is 0 Å². The highest BCUT2D eigenvalue weighted by molar-refractivity contribution is 5.84. The van der Waals surface area contributed by atoms with Crippen LogP contribution >= 0.6 is 0 Å². The molecule has 2 heterocycles. The van der Waals surface area contributed by atoms with Crippen molar-refractivity contribution in [1.82, 2.24) is 15.1 Å². The average molecular weight is 345 g/mol. The molecule has 1 aromatic carbocycles. The predicted molar refractivity (Wildman–Crippen MR) is 79.8 cm³/mol. The summed E-state index contributed by atoms with van der Waals surface area (Å²) in [6.07, 6.45) is -4.03. The Morgan fingerprint density at radius 3 is 2.71 bits per heavy atom. The zero-order valence-corrected chi connectivity index (χ0v) is 13.0. The van der Waals surface area contributed by atoms with E-state index < -0.39 is 24.7 Å². The highest BCUT2D eigenvalue weighted by Crippen LogP contribution is 2.30. The lowest BCUT2D eigenvalue weighted by atomic mass is 10.0. The van der Waals surface area contributed by atoms with E-state index in [9.17, 15) is 22.4 Å². The summed E-state index contributed by atoms with van der Waals surface area (Å²) in [6, 6.07) is 5.33. The van der Waals surface area contributed by atoms with Gasteiger partial charge in [0.05, 0.1) is 6.04 Å². The van der Waals surface area contributed by atoms with E-state index in [0.717, 1.165) is 10.5 Å². The monoisotopic (exact) mass is 345 g/mol. The van der Waals surface area contributed by atoms with Gasteiger partial charge in [-0.15, -0.1) is 0 Å². The van der Waals surface area contributed by atoms with Crippen LogP contribution < -0.4 is 5.32 Å². The molecule has 8 heteroatoms. The standard InChI is InChI=1S/C16H19F4N3O/c17-12-3-1-2-11(8-12)14-9-21-5-7-23(14)13-4-6-22(15(13)24)10-16(18,19)20/h1-3,8,13-14,21H,4-7,9-10H2. The molecule has 2 fully saturated rings. The van der Waals surface area contributed by atoms with Gasteiger partial charge >= 0.3 is 6.18 Å². The van der Waals surface area contributed by atoms with Crippen molar-refractivity contribution >= 4 is 5.91 Å². The number of likely N-dealkylation sites (tertiary alicyclic amines) is 1. The van der Waals surface area contributed by atoms with Crippen LogP contribution in [0, 0.1) is 5.82 Å². The van der Waals surface area contributed by atoms with Gasteiger partial charge in [0.25, 0.3) is 0 Å². The summed E-state index contributed by atoms with van der Waals surface area (Å²) in [7, 11) is 0. The van der Waals surface area contributed by atoms with Crippen molar-refractivity contribution in [3.63, 3.8) is 0 Å². The largest absolute Gasteiger partial charge is 0.406 e. The molecule has 3 rings (SSSR count). The Morgan fingerprint density at radius 1 is 1.21 bits per heavy atom. The molecule has 2 saturated heterocycles. The van der Waals surface area contributed by atoms with E-state index in [2.05, 4.69) is 5.32 Å². The second-order valence-corrected chi connectivity index (χ2v) is 6.19. The molecule has 0 saturated carbocycles. The summed E-state index contributed by atoms with van der Waals surface area (Å²) in [5.74, 6) is -0.856. The Morgan fingerprint density at radius 2 is 2.00 bits per heavy atom. The molecule has 0 aromatic heterocycles. The smallest absolute Gasteiger partial charge is 0.332 e. The number of halogens is 4. The summed E-state index contributed by atoms with van der Waals surface area (Å²) < 4.78 is 51.2. The summed E-state index contributed by atoms with van der Waals surface area (Å²) in [5, 5.41) is 3.20. The van der Waals surface area contributed by atoms with E-state index in [1.54, 1.807) is 12.1 Å². The first-order valence-electron chi connectivity index (χ1n) is 7.92. The minimum absolute atomic E-state index is 0.100. The zero-order valence-electron chi connectivity index (χ0n) is 13.0. The number of nitrogens with one attached hydrogen (secondary N) is 1. The molecular weight excluding hydrogens is 326 g/mol. The van der Waals surface area contributed by atoms with Crippen LogP contribution in [-0.4, -0.2) is 60.6 Å². The number of nitrogens with zero attached hydrogens (tertiary/aromatic N) is 2. The van der Waals surface area contributed by atoms with Crippen LogP contribution in [-0.2, 0) is 4.79 Å². The maximum Gasteiger partial charge on any atom is 0.406 e. The van der Waals surface area contributed by atoms with Crippen molar-refractivity contribution in [3.8, 4) is 0 Å². The molecular formula is C16H19F4N3O. The summed E-state index contributed by atoms with van der Waals surface area (Å²) in [6.45, 7) is 0.612. The maximum absolute atomic E-state index is 13.5. The lowest BCUT2D eigenvalue weighted by molar-refractivity contribution is -0.159. The number of benzene rings is 1. The highest BCUT2D eigenvalue weighted by Gasteiger charge is 2.43. The number of hydrogen-bond donors (Lipinski definition) is 1. The molecule has 4 nitrogen and oxygen atoms in total. The molecule has 2 aliphatic rings. The minimum atomic E-state index is -4.39. The van der Waals surface area contributed by atoms with E-state index in [1.165, 1.54) is 12.1 Å². The number of alkyl halides is 3. The zero-order chi connectivity index (χ0) is 17.3. The fraction of sp³-hybridized carbons (Fsp3) is 0.562. The number of rotatable bonds is 3. The fourth-order valence-corrected chi connectivity index (χ4v) is 3.52. The second-order valence-electron chi connectivity index (χ2n) is 6.19. The Labute approximate surface area is 137 Å². The van der Waals surface area contributed by atoms with Gasteiger partial charge in [0.2, 0.25) is 5.91 Å². The van der Waals surface area contributed by atoms with E-state index in [4.69, 9.17) is 0 Å². The van der Waals surface area contributed by atoms with Crippen LogP contribution in [0.5, 0.6) is 0 Å². The molecule has 0 spiro atoms. The Bertz CT molecular complexity index is 607. The normalized spacial score (nSPS) is 26.2. The lowest BCUT2D eigenvalue weighted by Crippen LogP contribution is -2.53. The van der Waals surface area contributed by atoms with Gasteiger partial charge in [0, 0.05) is 32.2 Å².